The lowest BCUT2D eigenvalue weighted by molar-refractivity contribution is 0.0527. The molecule has 3 aromatic rings. The van der Waals surface area contributed by atoms with E-state index in [1.807, 2.05) is 51.1 Å². The van der Waals surface area contributed by atoms with Crippen LogP contribution >= 0.6 is 0 Å². The molecule has 2 aromatic heterocycles. The van der Waals surface area contributed by atoms with E-state index in [1.54, 1.807) is 11.5 Å². The molecule has 178 valence electrons. The van der Waals surface area contributed by atoms with Crippen LogP contribution in [0.4, 0.5) is 10.7 Å². The number of nitrogens with one attached hydrogen (secondary N) is 1. The van der Waals surface area contributed by atoms with Crippen molar-refractivity contribution in [2.24, 2.45) is 0 Å². The summed E-state index contributed by atoms with van der Waals surface area (Å²) < 4.78 is 12.3. The van der Waals surface area contributed by atoms with Gasteiger partial charge in [-0.15, -0.1) is 0 Å². The fourth-order valence-corrected chi connectivity index (χ4v) is 3.56. The van der Waals surface area contributed by atoms with Crippen LogP contribution in [-0.2, 0) is 11.3 Å². The molecule has 0 atom stereocenters. The van der Waals surface area contributed by atoms with Crippen molar-refractivity contribution < 1.29 is 14.1 Å². The SMILES string of the molecule is CCCN(CCCNC(=O)OC(C)(C)C)c1nc2onc(C)c2c(=O)n1Cc1ccccc1. The van der Waals surface area contributed by atoms with Crippen molar-refractivity contribution in [2.45, 2.75) is 59.6 Å². The van der Waals surface area contributed by atoms with Gasteiger partial charge in [0.15, 0.2) is 0 Å². The molecule has 0 bridgehead atoms. The van der Waals surface area contributed by atoms with Gasteiger partial charge in [-0.05, 0) is 46.1 Å². The summed E-state index contributed by atoms with van der Waals surface area (Å²) in [6.07, 6.45) is 1.09. The Kier molecular flexibility index (Phi) is 7.73. The monoisotopic (exact) mass is 455 g/mol. The van der Waals surface area contributed by atoms with Gasteiger partial charge in [0, 0.05) is 19.6 Å². The van der Waals surface area contributed by atoms with E-state index in [4.69, 9.17) is 9.26 Å². The minimum absolute atomic E-state index is 0.175. The van der Waals surface area contributed by atoms with Crippen molar-refractivity contribution in [1.29, 1.82) is 0 Å². The summed E-state index contributed by atoms with van der Waals surface area (Å²) >= 11 is 0. The van der Waals surface area contributed by atoms with Gasteiger partial charge in [-0.1, -0.05) is 42.4 Å². The first-order valence-electron chi connectivity index (χ1n) is 11.3. The van der Waals surface area contributed by atoms with Gasteiger partial charge in [0.05, 0.1) is 12.2 Å². The largest absolute Gasteiger partial charge is 0.444 e. The van der Waals surface area contributed by atoms with E-state index >= 15 is 0 Å². The summed E-state index contributed by atoms with van der Waals surface area (Å²) in [6.45, 7) is 11.4. The third-order valence-corrected chi connectivity index (χ3v) is 4.98. The number of hydrogen-bond donors (Lipinski definition) is 1. The zero-order valence-electron chi connectivity index (χ0n) is 20.1. The predicted octanol–water partition coefficient (Wildman–Crippen LogP) is 3.87. The molecule has 0 aliphatic carbocycles. The van der Waals surface area contributed by atoms with Crippen LogP contribution < -0.4 is 15.8 Å². The first kappa shape index (κ1) is 24.3. The molecular weight excluding hydrogens is 422 g/mol. The number of aromatic nitrogens is 3. The van der Waals surface area contributed by atoms with Crippen molar-refractivity contribution in [1.82, 2.24) is 20.0 Å². The Hall–Kier alpha value is -3.36. The van der Waals surface area contributed by atoms with Crippen LogP contribution in [0.1, 0.15) is 51.8 Å². The van der Waals surface area contributed by atoms with E-state index < -0.39 is 11.7 Å². The van der Waals surface area contributed by atoms with Gasteiger partial charge in [0.2, 0.25) is 5.95 Å². The van der Waals surface area contributed by atoms with Crippen LogP contribution in [0.2, 0.25) is 0 Å². The Morgan fingerprint density at radius 1 is 1.21 bits per heavy atom. The zero-order valence-corrected chi connectivity index (χ0v) is 20.1. The minimum atomic E-state index is -0.541. The van der Waals surface area contributed by atoms with Gasteiger partial charge in [-0.3, -0.25) is 9.36 Å². The number of fused-ring (bicyclic) bond motifs is 1. The van der Waals surface area contributed by atoms with E-state index in [0.29, 0.717) is 49.6 Å². The van der Waals surface area contributed by atoms with Gasteiger partial charge >= 0.3 is 6.09 Å². The number of nitrogens with zero attached hydrogens (tertiary/aromatic N) is 4. The third-order valence-electron chi connectivity index (χ3n) is 4.98. The number of ether oxygens (including phenoxy) is 1. The number of carbonyl (C=O) groups is 1. The molecule has 9 heteroatoms. The number of carbonyl (C=O) groups excluding carboxylic acids is 1. The molecule has 0 saturated heterocycles. The predicted molar refractivity (Wildman–Crippen MR) is 128 cm³/mol. The molecule has 1 aromatic carbocycles. The summed E-state index contributed by atoms with van der Waals surface area (Å²) in [7, 11) is 0. The number of anilines is 1. The van der Waals surface area contributed by atoms with E-state index in [1.165, 1.54) is 0 Å². The number of rotatable bonds is 9. The second-order valence-corrected chi connectivity index (χ2v) is 9.01. The normalized spacial score (nSPS) is 11.5. The van der Waals surface area contributed by atoms with Gasteiger partial charge < -0.3 is 19.5 Å². The van der Waals surface area contributed by atoms with E-state index in [9.17, 15) is 9.59 Å². The average Bonchev–Trinajstić information content (AvgIpc) is 3.12. The van der Waals surface area contributed by atoms with Gasteiger partial charge in [-0.2, -0.15) is 4.98 Å². The van der Waals surface area contributed by atoms with Crippen LogP contribution in [0.25, 0.3) is 11.1 Å². The molecule has 0 saturated carbocycles. The van der Waals surface area contributed by atoms with Crippen LogP contribution in [0.15, 0.2) is 39.6 Å². The summed E-state index contributed by atoms with van der Waals surface area (Å²) in [4.78, 5) is 32.1. The molecule has 0 fully saturated rings. The molecule has 1 N–H and O–H groups in total. The quantitative estimate of drug-likeness (QED) is 0.489. The molecule has 3 rings (SSSR count). The maximum absolute atomic E-state index is 13.4. The van der Waals surface area contributed by atoms with Crippen molar-refractivity contribution in [2.75, 3.05) is 24.5 Å². The lowest BCUT2D eigenvalue weighted by Crippen LogP contribution is -2.37. The van der Waals surface area contributed by atoms with Crippen LogP contribution in [0.3, 0.4) is 0 Å². The molecule has 0 spiro atoms. The summed E-state index contributed by atoms with van der Waals surface area (Å²) in [5.41, 5.74) is 1.05. The van der Waals surface area contributed by atoms with Crippen LogP contribution in [-0.4, -0.2) is 46.0 Å². The molecule has 0 aliphatic rings. The molecule has 1 amide bonds. The first-order chi connectivity index (χ1) is 15.7. The average molecular weight is 456 g/mol. The summed E-state index contributed by atoms with van der Waals surface area (Å²) in [5.74, 6) is 0.534. The second kappa shape index (κ2) is 10.5. The van der Waals surface area contributed by atoms with Crippen LogP contribution in [0.5, 0.6) is 0 Å². The molecule has 9 nitrogen and oxygen atoms in total. The number of hydrogen-bond acceptors (Lipinski definition) is 7. The fraction of sp³-hybridized carbons (Fsp3) is 0.500. The van der Waals surface area contributed by atoms with Crippen molar-refractivity contribution in [3.8, 4) is 0 Å². The number of benzene rings is 1. The molecule has 2 heterocycles. The van der Waals surface area contributed by atoms with E-state index in [0.717, 1.165) is 12.0 Å². The fourth-order valence-electron chi connectivity index (χ4n) is 3.56. The Balaban J connectivity index is 1.85. The van der Waals surface area contributed by atoms with Crippen molar-refractivity contribution in [3.63, 3.8) is 0 Å². The highest BCUT2D eigenvalue weighted by Crippen LogP contribution is 2.19. The number of amides is 1. The molecule has 0 unspecified atom stereocenters. The summed E-state index contributed by atoms with van der Waals surface area (Å²) in [6, 6.07) is 9.80. The highest BCUT2D eigenvalue weighted by molar-refractivity contribution is 5.75. The number of alkyl carbamates (subject to hydrolysis) is 1. The smallest absolute Gasteiger partial charge is 0.407 e. The summed E-state index contributed by atoms with van der Waals surface area (Å²) in [5, 5.41) is 7.13. The van der Waals surface area contributed by atoms with Gasteiger partial charge in [0.1, 0.15) is 11.0 Å². The van der Waals surface area contributed by atoms with Gasteiger partial charge in [-0.25, -0.2) is 4.79 Å². The lowest BCUT2D eigenvalue weighted by Gasteiger charge is -2.26. The minimum Gasteiger partial charge on any atom is -0.444 e. The highest BCUT2D eigenvalue weighted by Gasteiger charge is 2.21. The Morgan fingerprint density at radius 2 is 1.94 bits per heavy atom. The third kappa shape index (κ3) is 6.34. The van der Waals surface area contributed by atoms with Gasteiger partial charge in [0.25, 0.3) is 11.3 Å². The molecule has 0 aliphatic heterocycles. The van der Waals surface area contributed by atoms with Crippen molar-refractivity contribution >= 4 is 23.1 Å². The molecular formula is C24H33N5O4. The maximum Gasteiger partial charge on any atom is 0.407 e. The highest BCUT2D eigenvalue weighted by atomic mass is 16.6. The Morgan fingerprint density at radius 3 is 2.61 bits per heavy atom. The maximum atomic E-state index is 13.4. The molecule has 0 radical (unpaired) electrons. The Labute approximate surface area is 193 Å². The number of aryl methyl sites for hydroxylation is 1. The topological polar surface area (TPSA) is 102 Å². The Bertz CT molecular complexity index is 1130. The van der Waals surface area contributed by atoms with Crippen molar-refractivity contribution in [3.05, 3.63) is 51.9 Å². The van der Waals surface area contributed by atoms with E-state index in [2.05, 4.69) is 27.3 Å². The molecule has 33 heavy (non-hydrogen) atoms. The second-order valence-electron chi connectivity index (χ2n) is 9.01. The first-order valence-corrected chi connectivity index (χ1v) is 11.3. The zero-order chi connectivity index (χ0) is 24.0. The standard InChI is InChI=1S/C24H33N5O4/c1-6-14-28(15-10-13-25-23(31)32-24(3,4)5)22-26-20-19(17(2)27-33-20)21(30)29(22)16-18-11-8-7-9-12-18/h7-9,11-12H,6,10,13-16H2,1-5H3,(H,25,31). The van der Waals surface area contributed by atoms with Crippen LogP contribution in [0, 0.1) is 6.92 Å². The van der Waals surface area contributed by atoms with E-state index in [-0.39, 0.29) is 11.3 Å². The lowest BCUT2D eigenvalue weighted by atomic mass is 10.2.